The first-order valence-electron chi connectivity index (χ1n) is 10.5. The van der Waals surface area contributed by atoms with E-state index < -0.39 is 11.9 Å². The second-order valence-electron chi connectivity index (χ2n) is 7.70. The number of anilines is 1. The first-order valence-corrected chi connectivity index (χ1v) is 10.5. The van der Waals surface area contributed by atoms with E-state index >= 15 is 0 Å². The van der Waals surface area contributed by atoms with Crippen LogP contribution in [0.4, 0.5) is 10.1 Å². The van der Waals surface area contributed by atoms with Gasteiger partial charge in [-0.2, -0.15) is 0 Å². The number of rotatable bonds is 8. The molecule has 2 heterocycles. The van der Waals surface area contributed by atoms with Crippen molar-refractivity contribution in [2.75, 3.05) is 25.2 Å². The molecule has 1 aliphatic carbocycles. The Morgan fingerprint density at radius 3 is 2.81 bits per heavy atom. The third kappa shape index (κ3) is 4.39. The van der Waals surface area contributed by atoms with Crippen molar-refractivity contribution in [3.05, 3.63) is 47.4 Å². The molecular weight excluding hydrogens is 403 g/mol. The second kappa shape index (κ2) is 9.01. The monoisotopic (exact) mass is 428 g/mol. The standard InChI is InChI=1S/C23H25FN2O5/c1-3-15(13-29-2)31-22-7-4-16(12-25-22)30-21-8-9-26(23(21)28)14-10-18-17(19(24)11-14)5-6-20(18)27/h4,7,10-12,15,21H,3,5-6,8-9,13H2,1-2H3/t15?,21-/m1/s1. The summed E-state index contributed by atoms with van der Waals surface area (Å²) in [5, 5.41) is 0. The van der Waals surface area contributed by atoms with Crippen LogP contribution in [0.3, 0.4) is 0 Å². The van der Waals surface area contributed by atoms with Gasteiger partial charge in [0.15, 0.2) is 11.9 Å². The molecular formula is C23H25FN2O5. The molecule has 2 atom stereocenters. The number of pyridine rings is 1. The molecule has 1 aliphatic heterocycles. The number of ketones is 1. The molecule has 1 aromatic carbocycles. The summed E-state index contributed by atoms with van der Waals surface area (Å²) in [6.07, 6.45) is 2.69. The Labute approximate surface area is 180 Å². The molecule has 2 aromatic rings. The molecule has 7 nitrogen and oxygen atoms in total. The second-order valence-corrected chi connectivity index (χ2v) is 7.70. The Morgan fingerprint density at radius 2 is 2.10 bits per heavy atom. The smallest absolute Gasteiger partial charge is 0.268 e. The first-order chi connectivity index (χ1) is 15.0. The third-order valence-corrected chi connectivity index (χ3v) is 5.63. The van der Waals surface area contributed by atoms with Crippen LogP contribution in [0.2, 0.25) is 0 Å². The number of carbonyl (C=O) groups excluding carboxylic acids is 2. The van der Waals surface area contributed by atoms with Crippen molar-refractivity contribution in [2.24, 2.45) is 0 Å². The zero-order valence-corrected chi connectivity index (χ0v) is 17.6. The van der Waals surface area contributed by atoms with Crippen molar-refractivity contribution in [2.45, 2.75) is 44.8 Å². The number of nitrogens with zero attached hydrogens (tertiary/aromatic N) is 2. The molecule has 4 rings (SSSR count). The van der Waals surface area contributed by atoms with Crippen LogP contribution in [0.5, 0.6) is 11.6 Å². The molecule has 1 aromatic heterocycles. The lowest BCUT2D eigenvalue weighted by Crippen LogP contribution is -2.32. The topological polar surface area (TPSA) is 78.0 Å². The maximum Gasteiger partial charge on any atom is 0.268 e. The molecule has 1 fully saturated rings. The fraction of sp³-hybridized carbons (Fsp3) is 0.435. The van der Waals surface area contributed by atoms with E-state index in [1.165, 1.54) is 17.2 Å². The van der Waals surface area contributed by atoms with E-state index in [0.29, 0.717) is 60.9 Å². The van der Waals surface area contributed by atoms with Crippen molar-refractivity contribution in [3.8, 4) is 11.6 Å². The third-order valence-electron chi connectivity index (χ3n) is 5.63. The highest BCUT2D eigenvalue weighted by Gasteiger charge is 2.36. The van der Waals surface area contributed by atoms with Gasteiger partial charge >= 0.3 is 0 Å². The normalized spacial score (nSPS) is 18.9. The number of aromatic nitrogens is 1. The molecule has 0 saturated carbocycles. The van der Waals surface area contributed by atoms with Crippen LogP contribution in [-0.4, -0.2) is 49.1 Å². The molecule has 1 unspecified atom stereocenters. The van der Waals surface area contributed by atoms with Crippen LogP contribution >= 0.6 is 0 Å². The highest BCUT2D eigenvalue weighted by molar-refractivity contribution is 6.04. The molecule has 1 amide bonds. The van der Waals surface area contributed by atoms with Gasteiger partial charge in [-0.05, 0) is 36.6 Å². The van der Waals surface area contributed by atoms with Gasteiger partial charge in [-0.25, -0.2) is 9.37 Å². The number of amides is 1. The van der Waals surface area contributed by atoms with Gasteiger partial charge in [-0.1, -0.05) is 6.92 Å². The zero-order chi connectivity index (χ0) is 22.0. The SMILES string of the molecule is CCC(COC)Oc1ccc(O[C@@H]2CCN(c3cc(F)c4c(c3)C(=O)CC4)C2=O)cn1. The number of Topliss-reactive ketones (excluding diaryl/α,β-unsaturated/α-hetero) is 1. The molecule has 0 N–H and O–H groups in total. The largest absolute Gasteiger partial charge is 0.479 e. The average molecular weight is 428 g/mol. The van der Waals surface area contributed by atoms with Gasteiger partial charge in [0.2, 0.25) is 5.88 Å². The van der Waals surface area contributed by atoms with Gasteiger partial charge < -0.3 is 19.1 Å². The number of hydrogen-bond acceptors (Lipinski definition) is 6. The summed E-state index contributed by atoms with van der Waals surface area (Å²) >= 11 is 0. The number of benzene rings is 1. The van der Waals surface area contributed by atoms with Crippen molar-refractivity contribution in [1.82, 2.24) is 4.98 Å². The summed E-state index contributed by atoms with van der Waals surface area (Å²) in [7, 11) is 1.62. The minimum atomic E-state index is -0.697. The van der Waals surface area contributed by atoms with Crippen LogP contribution in [0.25, 0.3) is 0 Å². The number of methoxy groups -OCH3 is 1. The molecule has 8 heteroatoms. The zero-order valence-electron chi connectivity index (χ0n) is 17.6. The average Bonchev–Trinajstić information content (AvgIpc) is 3.32. The maximum atomic E-state index is 14.4. The fourth-order valence-electron chi connectivity index (χ4n) is 3.94. The molecule has 0 radical (unpaired) electrons. The highest BCUT2D eigenvalue weighted by Crippen LogP contribution is 2.32. The van der Waals surface area contributed by atoms with Crippen LogP contribution in [-0.2, 0) is 16.0 Å². The van der Waals surface area contributed by atoms with Gasteiger partial charge in [0.05, 0.1) is 12.8 Å². The molecule has 0 bridgehead atoms. The molecule has 164 valence electrons. The van der Waals surface area contributed by atoms with Gasteiger partial charge in [0.1, 0.15) is 17.7 Å². The molecule has 0 spiro atoms. The summed E-state index contributed by atoms with van der Waals surface area (Å²) in [5.41, 5.74) is 1.22. The van der Waals surface area contributed by atoms with Crippen molar-refractivity contribution in [1.29, 1.82) is 0 Å². The number of hydrogen-bond donors (Lipinski definition) is 0. The van der Waals surface area contributed by atoms with E-state index in [1.807, 2.05) is 6.92 Å². The minimum Gasteiger partial charge on any atom is -0.479 e. The molecule has 31 heavy (non-hydrogen) atoms. The summed E-state index contributed by atoms with van der Waals surface area (Å²) in [6.45, 7) is 2.86. The Morgan fingerprint density at radius 1 is 1.26 bits per heavy atom. The van der Waals surface area contributed by atoms with E-state index in [9.17, 15) is 14.0 Å². The minimum absolute atomic E-state index is 0.0839. The Balaban J connectivity index is 1.42. The Bertz CT molecular complexity index is 979. The first kappa shape index (κ1) is 21.2. The Hall–Kier alpha value is -3.00. The van der Waals surface area contributed by atoms with Crippen molar-refractivity contribution >= 4 is 17.4 Å². The number of ether oxygens (including phenoxy) is 3. The van der Waals surface area contributed by atoms with E-state index in [0.717, 1.165) is 6.42 Å². The Kier molecular flexibility index (Phi) is 6.18. The summed E-state index contributed by atoms with van der Waals surface area (Å²) in [4.78, 5) is 30.6. The van der Waals surface area contributed by atoms with Gasteiger partial charge in [-0.3, -0.25) is 9.59 Å². The van der Waals surface area contributed by atoms with E-state index in [4.69, 9.17) is 14.2 Å². The predicted molar refractivity (Wildman–Crippen MR) is 111 cm³/mol. The number of halogens is 1. The summed E-state index contributed by atoms with van der Waals surface area (Å²) in [6, 6.07) is 6.33. The number of carbonyl (C=O) groups is 2. The van der Waals surface area contributed by atoms with Crippen molar-refractivity contribution < 1.29 is 28.2 Å². The van der Waals surface area contributed by atoms with E-state index in [-0.39, 0.29) is 17.8 Å². The lowest BCUT2D eigenvalue weighted by Gasteiger charge is -2.19. The predicted octanol–water partition coefficient (Wildman–Crippen LogP) is 3.34. The van der Waals surface area contributed by atoms with Gasteiger partial charge in [-0.15, -0.1) is 0 Å². The lowest BCUT2D eigenvalue weighted by atomic mass is 10.1. The molecule has 1 saturated heterocycles. The quantitative estimate of drug-likeness (QED) is 0.642. The van der Waals surface area contributed by atoms with Gasteiger partial charge in [0, 0.05) is 43.8 Å². The summed E-state index contributed by atoms with van der Waals surface area (Å²) < 4.78 is 31.1. The molecule has 2 aliphatic rings. The number of fused-ring (bicyclic) bond motifs is 1. The van der Waals surface area contributed by atoms with Crippen LogP contribution in [0.1, 0.15) is 42.1 Å². The van der Waals surface area contributed by atoms with Crippen molar-refractivity contribution in [3.63, 3.8) is 0 Å². The lowest BCUT2D eigenvalue weighted by molar-refractivity contribution is -0.122. The van der Waals surface area contributed by atoms with Crippen LogP contribution < -0.4 is 14.4 Å². The van der Waals surface area contributed by atoms with Gasteiger partial charge in [0.25, 0.3) is 5.91 Å². The highest BCUT2D eigenvalue weighted by atomic mass is 19.1. The van der Waals surface area contributed by atoms with E-state index in [1.54, 1.807) is 25.3 Å². The van der Waals surface area contributed by atoms with Crippen LogP contribution in [0.15, 0.2) is 30.5 Å². The summed E-state index contributed by atoms with van der Waals surface area (Å²) in [5.74, 6) is 0.112. The van der Waals surface area contributed by atoms with E-state index in [2.05, 4.69) is 4.98 Å². The fourth-order valence-corrected chi connectivity index (χ4v) is 3.94. The van der Waals surface area contributed by atoms with Crippen LogP contribution in [0, 0.1) is 5.82 Å². The maximum absolute atomic E-state index is 14.4.